The van der Waals surface area contributed by atoms with Crippen LogP contribution in [0.2, 0.25) is 0 Å². The average Bonchev–Trinajstić information content (AvgIpc) is 2.76. The van der Waals surface area contributed by atoms with Gasteiger partial charge in [-0.25, -0.2) is 8.42 Å². The summed E-state index contributed by atoms with van der Waals surface area (Å²) < 4.78 is 27.5. The number of aromatic nitrogens is 2. The molecular weight excluding hydrogens is 240 g/mol. The van der Waals surface area contributed by atoms with Crippen molar-refractivity contribution < 1.29 is 8.42 Å². The fraction of sp³-hybridized carbons (Fsp3) is 0.700. The number of aryl methyl sites for hydroxylation is 1. The summed E-state index contributed by atoms with van der Waals surface area (Å²) in [6.07, 6.45) is 3.41. The third-order valence-corrected chi connectivity index (χ3v) is 5.19. The van der Waals surface area contributed by atoms with Crippen LogP contribution in [-0.2, 0) is 17.1 Å². The molecule has 1 fully saturated rings. The Hall–Kier alpha value is -0.920. The summed E-state index contributed by atoms with van der Waals surface area (Å²) in [5, 5.41) is 7.37. The van der Waals surface area contributed by atoms with E-state index >= 15 is 0 Å². The van der Waals surface area contributed by atoms with Crippen molar-refractivity contribution in [2.45, 2.75) is 23.9 Å². The maximum Gasteiger partial charge on any atom is 0.260 e. The minimum atomic E-state index is -3.43. The van der Waals surface area contributed by atoms with Gasteiger partial charge in [-0.3, -0.25) is 4.68 Å². The Kier molecular flexibility index (Phi) is 3.50. The molecule has 0 radical (unpaired) electrons. The molecule has 0 bridgehead atoms. The average molecular weight is 258 g/mol. The van der Waals surface area contributed by atoms with Crippen LogP contribution in [-0.4, -0.2) is 48.7 Å². The highest BCUT2D eigenvalue weighted by molar-refractivity contribution is 7.89. The summed E-state index contributed by atoms with van der Waals surface area (Å²) in [6.45, 7) is 1.68. The third-order valence-electron chi connectivity index (χ3n) is 3.20. The second kappa shape index (κ2) is 4.75. The Morgan fingerprint density at radius 1 is 1.59 bits per heavy atom. The van der Waals surface area contributed by atoms with E-state index in [9.17, 15) is 8.42 Å². The molecule has 1 N–H and O–H groups in total. The lowest BCUT2D eigenvalue weighted by Gasteiger charge is -2.30. The first kappa shape index (κ1) is 12.5. The molecule has 1 aromatic rings. The Bertz CT molecular complexity index is 476. The lowest BCUT2D eigenvalue weighted by molar-refractivity contribution is 0.298. The van der Waals surface area contributed by atoms with Gasteiger partial charge in [-0.1, -0.05) is 0 Å². The Morgan fingerprint density at radius 3 is 2.88 bits per heavy atom. The maximum absolute atomic E-state index is 12.4. The van der Waals surface area contributed by atoms with Gasteiger partial charge in [-0.15, -0.1) is 0 Å². The van der Waals surface area contributed by atoms with Gasteiger partial charge in [-0.05, 0) is 25.5 Å². The monoisotopic (exact) mass is 258 g/mol. The molecule has 7 heteroatoms. The first-order chi connectivity index (χ1) is 8.03. The zero-order valence-electron chi connectivity index (χ0n) is 10.1. The van der Waals surface area contributed by atoms with Crippen molar-refractivity contribution >= 4 is 10.0 Å². The number of sulfonamides is 1. The summed E-state index contributed by atoms with van der Waals surface area (Å²) in [5.41, 5.74) is 0. The van der Waals surface area contributed by atoms with Gasteiger partial charge in [0.2, 0.25) is 0 Å². The Morgan fingerprint density at radius 2 is 2.35 bits per heavy atom. The molecule has 1 atom stereocenters. The normalized spacial score (nSPS) is 21.9. The van der Waals surface area contributed by atoms with Gasteiger partial charge >= 0.3 is 0 Å². The van der Waals surface area contributed by atoms with Crippen molar-refractivity contribution in [1.82, 2.24) is 19.4 Å². The van der Waals surface area contributed by atoms with Crippen molar-refractivity contribution in [2.24, 2.45) is 7.05 Å². The van der Waals surface area contributed by atoms with Gasteiger partial charge in [0.05, 0.1) is 6.20 Å². The molecule has 0 aliphatic carbocycles. The molecule has 2 rings (SSSR count). The number of rotatable bonds is 3. The largest absolute Gasteiger partial charge is 0.315 e. The number of likely N-dealkylation sites (N-methyl/N-ethyl adjacent to an activating group) is 1. The molecule has 0 amide bonds. The zero-order chi connectivity index (χ0) is 12.5. The van der Waals surface area contributed by atoms with Gasteiger partial charge in [0.1, 0.15) is 0 Å². The van der Waals surface area contributed by atoms with Crippen molar-refractivity contribution in [3.05, 3.63) is 12.3 Å². The predicted octanol–water partition coefficient (Wildman–Crippen LogP) is -0.207. The van der Waals surface area contributed by atoms with Crippen LogP contribution in [0.15, 0.2) is 17.3 Å². The van der Waals surface area contributed by atoms with Crippen molar-refractivity contribution in [2.75, 3.05) is 20.1 Å². The minimum Gasteiger partial charge on any atom is -0.315 e. The summed E-state index contributed by atoms with van der Waals surface area (Å²) >= 11 is 0. The molecular formula is C10H18N4O2S. The van der Waals surface area contributed by atoms with E-state index in [0.29, 0.717) is 6.54 Å². The third kappa shape index (κ3) is 2.36. The number of hydrogen-bond donors (Lipinski definition) is 1. The first-order valence-electron chi connectivity index (χ1n) is 5.70. The topological polar surface area (TPSA) is 67.2 Å². The molecule has 1 aliphatic rings. The minimum absolute atomic E-state index is 0.0312. The molecule has 96 valence electrons. The Labute approximate surface area is 102 Å². The molecule has 0 aromatic carbocycles. The van der Waals surface area contributed by atoms with Gasteiger partial charge in [-0.2, -0.15) is 9.40 Å². The van der Waals surface area contributed by atoms with Crippen LogP contribution in [0, 0.1) is 0 Å². The van der Waals surface area contributed by atoms with E-state index in [4.69, 9.17) is 0 Å². The molecule has 0 spiro atoms. The second-order valence-electron chi connectivity index (χ2n) is 4.31. The molecule has 1 saturated heterocycles. The van der Waals surface area contributed by atoms with Crippen LogP contribution in [0.1, 0.15) is 12.8 Å². The van der Waals surface area contributed by atoms with Crippen LogP contribution < -0.4 is 5.32 Å². The zero-order valence-corrected chi connectivity index (χ0v) is 10.9. The smallest absolute Gasteiger partial charge is 0.260 e. The van der Waals surface area contributed by atoms with Crippen LogP contribution >= 0.6 is 0 Å². The van der Waals surface area contributed by atoms with Crippen molar-refractivity contribution in [3.8, 4) is 0 Å². The van der Waals surface area contributed by atoms with Crippen LogP contribution in [0.25, 0.3) is 0 Å². The fourth-order valence-corrected chi connectivity index (χ4v) is 3.58. The highest BCUT2D eigenvalue weighted by atomic mass is 32.2. The van der Waals surface area contributed by atoms with E-state index in [-0.39, 0.29) is 11.1 Å². The Balaban J connectivity index is 2.23. The van der Waals surface area contributed by atoms with E-state index in [1.54, 1.807) is 14.1 Å². The highest BCUT2D eigenvalue weighted by Crippen LogP contribution is 2.18. The number of nitrogens with zero attached hydrogens (tertiary/aromatic N) is 3. The summed E-state index contributed by atoms with van der Waals surface area (Å²) in [6, 6.07) is 1.56. The molecule has 1 aromatic heterocycles. The molecule has 1 aliphatic heterocycles. The summed E-state index contributed by atoms with van der Waals surface area (Å²) in [7, 11) is -0.155. The van der Waals surface area contributed by atoms with Gasteiger partial charge in [0, 0.05) is 26.7 Å². The van der Waals surface area contributed by atoms with Crippen LogP contribution in [0.5, 0.6) is 0 Å². The van der Waals surface area contributed by atoms with Gasteiger partial charge in [0.25, 0.3) is 10.0 Å². The van der Waals surface area contributed by atoms with Crippen molar-refractivity contribution in [1.29, 1.82) is 0 Å². The molecule has 6 nitrogen and oxygen atoms in total. The highest BCUT2D eigenvalue weighted by Gasteiger charge is 2.30. The number of piperidine rings is 1. The first-order valence-corrected chi connectivity index (χ1v) is 7.14. The quantitative estimate of drug-likeness (QED) is 0.815. The van der Waals surface area contributed by atoms with E-state index in [0.717, 1.165) is 19.4 Å². The lowest BCUT2D eigenvalue weighted by atomic mass is 10.1. The number of hydrogen-bond acceptors (Lipinski definition) is 4. The van der Waals surface area contributed by atoms with E-state index in [2.05, 4.69) is 10.4 Å². The fourth-order valence-electron chi connectivity index (χ4n) is 2.10. The number of nitrogens with one attached hydrogen (secondary N) is 1. The summed E-state index contributed by atoms with van der Waals surface area (Å²) in [5.74, 6) is 0. The van der Waals surface area contributed by atoms with Gasteiger partial charge in [0.15, 0.2) is 5.03 Å². The summed E-state index contributed by atoms with van der Waals surface area (Å²) in [4.78, 5) is 0. The molecule has 2 heterocycles. The van der Waals surface area contributed by atoms with Crippen LogP contribution in [0.3, 0.4) is 0 Å². The van der Waals surface area contributed by atoms with E-state index in [1.165, 1.54) is 21.3 Å². The molecule has 1 unspecified atom stereocenters. The maximum atomic E-state index is 12.4. The van der Waals surface area contributed by atoms with Crippen LogP contribution in [0.4, 0.5) is 0 Å². The lowest BCUT2D eigenvalue weighted by Crippen LogP contribution is -2.46. The van der Waals surface area contributed by atoms with Gasteiger partial charge < -0.3 is 5.32 Å². The molecule has 17 heavy (non-hydrogen) atoms. The molecule has 0 saturated carbocycles. The standard InChI is InChI=1S/C10H18N4O2S/c1-13-10(5-7-12-13)17(15,16)14(2)9-4-3-6-11-8-9/h5,7,9,11H,3-4,6,8H2,1-2H3. The van der Waals surface area contributed by atoms with E-state index in [1.807, 2.05) is 0 Å². The second-order valence-corrected chi connectivity index (χ2v) is 6.26. The predicted molar refractivity (Wildman–Crippen MR) is 64.0 cm³/mol. The SMILES string of the molecule is CN(C1CCCNC1)S(=O)(=O)c1ccnn1C. The van der Waals surface area contributed by atoms with Crippen molar-refractivity contribution in [3.63, 3.8) is 0 Å². The van der Waals surface area contributed by atoms with E-state index < -0.39 is 10.0 Å².